The first kappa shape index (κ1) is 51.5. The van der Waals surface area contributed by atoms with Crippen molar-refractivity contribution >= 4 is 34.7 Å². The number of carbonyl (C=O) groups excluding carboxylic acids is 2. The Kier molecular flexibility index (Phi) is 14.8. The maximum Gasteiger partial charge on any atom is 0.254 e. The van der Waals surface area contributed by atoms with E-state index in [1.807, 2.05) is 62.0 Å². The molecular weight excluding hydrogens is 983 g/mol. The number of β-amino-alcohol motifs (C(OH)–C–C–N with tert-alkyl or cyclic N) is 1. The first-order valence-electron chi connectivity index (χ1n) is 26.8. The summed E-state index contributed by atoms with van der Waals surface area (Å²) in [6, 6.07) is 18.1. The van der Waals surface area contributed by atoms with E-state index in [-0.39, 0.29) is 66.8 Å². The zero-order valence-electron chi connectivity index (χ0n) is 43.7. The first-order valence-corrected chi connectivity index (χ1v) is 26.8. The van der Waals surface area contributed by atoms with Crippen molar-refractivity contribution in [1.82, 2.24) is 50.0 Å². The number of aliphatic hydroxyl groups excluding tert-OH is 1. The molecule has 5 aromatic heterocycles. The van der Waals surface area contributed by atoms with Gasteiger partial charge < -0.3 is 54.7 Å². The van der Waals surface area contributed by atoms with Crippen molar-refractivity contribution in [2.45, 2.75) is 114 Å². The van der Waals surface area contributed by atoms with Gasteiger partial charge in [0, 0.05) is 130 Å². The second-order valence-electron chi connectivity index (χ2n) is 21.3. The lowest BCUT2D eigenvalue weighted by atomic mass is 9.91. The largest absolute Gasteiger partial charge is 0.507 e. The van der Waals surface area contributed by atoms with Crippen molar-refractivity contribution in [3.05, 3.63) is 109 Å². The molecule has 0 radical (unpaired) electrons. The number of benzene rings is 1. The summed E-state index contributed by atoms with van der Waals surface area (Å²) in [6.07, 6.45) is 12.2. The molecular formula is C56H67N13O8. The molecule has 21 heteroatoms. The van der Waals surface area contributed by atoms with Crippen LogP contribution in [0.25, 0.3) is 22.8 Å². The number of aliphatic hydroxyl groups is 1. The predicted molar refractivity (Wildman–Crippen MR) is 286 cm³/mol. The van der Waals surface area contributed by atoms with Crippen LogP contribution in [0.3, 0.4) is 0 Å². The Bertz CT molecular complexity index is 3050. The van der Waals surface area contributed by atoms with Crippen LogP contribution >= 0.6 is 0 Å². The molecule has 1 aromatic carbocycles. The minimum absolute atomic E-state index is 0.00691. The maximum atomic E-state index is 14.2. The fraction of sp³-hybridized carbons (Fsp3) is 0.464. The number of piperazine rings is 1. The average molecular weight is 1050 g/mol. The number of phenols is 1. The van der Waals surface area contributed by atoms with E-state index in [0.717, 1.165) is 81.9 Å². The molecule has 0 spiro atoms. The van der Waals surface area contributed by atoms with Gasteiger partial charge in [-0.25, -0.2) is 15.0 Å². The third kappa shape index (κ3) is 11.2. The number of hydrogen-bond donors (Lipinski definition) is 4. The van der Waals surface area contributed by atoms with Crippen molar-refractivity contribution in [3.8, 4) is 34.6 Å². The molecule has 6 aromatic rings. The molecule has 77 heavy (non-hydrogen) atoms. The van der Waals surface area contributed by atoms with Gasteiger partial charge in [0.2, 0.25) is 17.7 Å². The van der Waals surface area contributed by atoms with Gasteiger partial charge in [-0.3, -0.25) is 19.1 Å². The van der Waals surface area contributed by atoms with Gasteiger partial charge in [0.25, 0.3) is 5.88 Å². The number of nitrogens with zero attached hydrogens (tertiary/aromatic N) is 11. The maximum absolute atomic E-state index is 14.2. The number of rotatable bonds is 18. The van der Waals surface area contributed by atoms with Crippen molar-refractivity contribution in [1.29, 1.82) is 0 Å². The van der Waals surface area contributed by atoms with Crippen molar-refractivity contribution in [2.24, 2.45) is 5.92 Å². The molecule has 1 saturated carbocycles. The van der Waals surface area contributed by atoms with E-state index < -0.39 is 24.0 Å². The quantitative estimate of drug-likeness (QED) is 0.0827. The summed E-state index contributed by atoms with van der Waals surface area (Å²) in [5, 5.41) is 36.7. The number of carbonyl (C=O) groups is 2. The summed E-state index contributed by atoms with van der Waals surface area (Å²) in [4.78, 5) is 49.8. The topological polar surface area (TPSA) is 249 Å². The number of para-hydroxylation sites is 1. The summed E-state index contributed by atoms with van der Waals surface area (Å²) in [5.41, 5.74) is 10.5. The van der Waals surface area contributed by atoms with Crippen LogP contribution in [-0.2, 0) is 14.3 Å². The van der Waals surface area contributed by atoms with Crippen LogP contribution in [0, 0.1) is 12.8 Å². The summed E-state index contributed by atoms with van der Waals surface area (Å²) < 4.78 is 26.5. The highest BCUT2D eigenvalue weighted by Crippen LogP contribution is 2.41. The first-order chi connectivity index (χ1) is 37.3. The Morgan fingerprint density at radius 1 is 0.896 bits per heavy atom. The third-order valence-electron chi connectivity index (χ3n) is 15.8. The highest BCUT2D eigenvalue weighted by molar-refractivity contribution is 5.95. The molecule has 404 valence electrons. The lowest BCUT2D eigenvalue weighted by Crippen LogP contribution is -2.54. The standard InChI is InChI=1S/C56H67N13O8/c1-33(2)53(56(73)68-32-40(70)24-47(68)55(72)61-34(3)36-9-12-50(60-29-36)67-20-17-58-35(67)4)49-28-52(64-77-49)74-22-21-65-18-14-41(15-19-65)75-42-25-43(26-42)76-51-23-37(13-16-59-51)69-38-10-11-39(69)31-66(30-38)46-27-45(62-63-54(46)57)44-7-5-6-8-48(44)71/h5-9,12-13,16-17,20,23,27-29,33,38-43,47,53,70-71H,3,10-11,14-15,18-19,21-22,24-26,30-32H2,1-2,4H3,(H2,57,63)(H,61,72)/t38?,39?,40-,42?,43?,47+,53-/m1/s1. The van der Waals surface area contributed by atoms with Gasteiger partial charge in [0.15, 0.2) is 11.6 Å². The number of fused-ring (bicyclic) bond motifs is 2. The van der Waals surface area contributed by atoms with Crippen LogP contribution in [0.2, 0.25) is 0 Å². The highest BCUT2D eigenvalue weighted by atomic mass is 16.5. The number of ether oxygens (including phenoxy) is 3. The molecule has 2 unspecified atom stereocenters. The van der Waals surface area contributed by atoms with Crippen LogP contribution < -0.4 is 30.3 Å². The van der Waals surface area contributed by atoms with E-state index in [1.165, 1.54) is 4.90 Å². The van der Waals surface area contributed by atoms with E-state index >= 15 is 0 Å². The molecule has 9 heterocycles. The Morgan fingerprint density at radius 2 is 1.69 bits per heavy atom. The number of aromatic nitrogens is 7. The fourth-order valence-electron chi connectivity index (χ4n) is 11.7. The minimum Gasteiger partial charge on any atom is -0.507 e. The van der Waals surface area contributed by atoms with E-state index in [4.69, 9.17) is 24.5 Å². The number of aryl methyl sites for hydroxylation is 1. The molecule has 1 aliphatic carbocycles. The average Bonchev–Trinajstić information content (AvgIpc) is 4.31. The summed E-state index contributed by atoms with van der Waals surface area (Å²) in [7, 11) is 0. The Labute approximate surface area is 447 Å². The number of anilines is 3. The minimum atomic E-state index is -0.917. The van der Waals surface area contributed by atoms with Gasteiger partial charge >= 0.3 is 0 Å². The second kappa shape index (κ2) is 22.2. The number of aromatic hydroxyl groups is 1. The number of imidazole rings is 1. The predicted octanol–water partition coefficient (Wildman–Crippen LogP) is 5.52. The number of amides is 2. The SMILES string of the molecule is C=C(NC(=O)[C@@H]1C[C@@H](O)CN1C(=O)[C@@H](c1cc(OCCN2CCC(OC3CC(Oc4cc(N5C6CCC5CN(c5cc(-c7ccccc7O)nnc5N)C6)ccn4)C3)CC2)no1)C(C)C)c1ccc(-n2ccnc2C)nc1. The number of nitrogen functional groups attached to an aromatic ring is 1. The van der Waals surface area contributed by atoms with Gasteiger partial charge in [-0.05, 0) is 80.1 Å². The number of likely N-dealkylation sites (tertiary alicyclic amines) is 2. The number of phenolic OH excluding ortho intramolecular Hbond substituents is 1. The normalized spacial score (nSPS) is 23.0. The van der Waals surface area contributed by atoms with Gasteiger partial charge in [-0.15, -0.1) is 10.2 Å². The van der Waals surface area contributed by atoms with Gasteiger partial charge in [0.05, 0.1) is 29.7 Å². The molecule has 4 saturated heterocycles. The lowest BCUT2D eigenvalue weighted by Gasteiger charge is -2.43. The van der Waals surface area contributed by atoms with Gasteiger partial charge in [0.1, 0.15) is 42.1 Å². The Morgan fingerprint density at radius 3 is 2.42 bits per heavy atom. The van der Waals surface area contributed by atoms with Crippen molar-refractivity contribution < 1.29 is 38.5 Å². The monoisotopic (exact) mass is 1050 g/mol. The molecule has 4 aliphatic heterocycles. The summed E-state index contributed by atoms with van der Waals surface area (Å²) in [6.45, 7) is 14.2. The molecule has 2 bridgehead atoms. The number of piperidine rings is 1. The summed E-state index contributed by atoms with van der Waals surface area (Å²) >= 11 is 0. The third-order valence-corrected chi connectivity index (χ3v) is 15.8. The molecule has 5 atom stereocenters. The number of nitrogens with two attached hydrogens (primary N) is 1. The van der Waals surface area contributed by atoms with Crippen LogP contribution in [0.5, 0.6) is 17.5 Å². The van der Waals surface area contributed by atoms with Crippen LogP contribution in [0.4, 0.5) is 17.2 Å². The molecule has 2 amide bonds. The number of hydrogen-bond acceptors (Lipinski definition) is 18. The molecule has 5 fully saturated rings. The number of nitrogens with one attached hydrogen (secondary N) is 1. The molecule has 5 aliphatic rings. The molecule has 21 nitrogen and oxygen atoms in total. The van der Waals surface area contributed by atoms with E-state index in [2.05, 4.69) is 69.0 Å². The van der Waals surface area contributed by atoms with E-state index in [1.54, 1.807) is 36.7 Å². The van der Waals surface area contributed by atoms with Crippen LogP contribution in [-0.4, -0.2) is 155 Å². The zero-order chi connectivity index (χ0) is 53.3. The number of pyridine rings is 2. The van der Waals surface area contributed by atoms with E-state index in [0.29, 0.717) is 58.9 Å². The lowest BCUT2D eigenvalue weighted by molar-refractivity contribution is -0.140. The van der Waals surface area contributed by atoms with Crippen molar-refractivity contribution in [3.63, 3.8) is 0 Å². The van der Waals surface area contributed by atoms with Crippen LogP contribution in [0.15, 0.2) is 96.6 Å². The smallest absolute Gasteiger partial charge is 0.254 e. The van der Waals surface area contributed by atoms with Crippen molar-refractivity contribution in [2.75, 3.05) is 61.4 Å². The van der Waals surface area contributed by atoms with Crippen LogP contribution in [0.1, 0.15) is 81.9 Å². The van der Waals surface area contributed by atoms with E-state index in [9.17, 15) is 19.8 Å². The Balaban J connectivity index is 0.601. The fourth-order valence-corrected chi connectivity index (χ4v) is 11.7. The summed E-state index contributed by atoms with van der Waals surface area (Å²) in [5.74, 6) is 1.50. The molecule has 5 N–H and O–H groups in total. The van der Waals surface area contributed by atoms with Gasteiger partial charge in [-0.2, -0.15) is 0 Å². The highest BCUT2D eigenvalue weighted by Gasteiger charge is 2.44. The second-order valence-corrected chi connectivity index (χ2v) is 21.3. The Hall–Kier alpha value is -7.62. The zero-order valence-corrected chi connectivity index (χ0v) is 43.7. The van der Waals surface area contributed by atoms with Gasteiger partial charge in [-0.1, -0.05) is 32.6 Å². The molecule has 11 rings (SSSR count).